The standard InChI is InChI=1S/C12H19N3O2S/c1-12(5-8-13-9-6-12)15-11-10(18(2,16)17)4-3-7-14-11/h3-4,7,13H,5-6,8-9H2,1-2H3,(H,14,15). The van der Waals surface area contributed by atoms with E-state index in [1.54, 1.807) is 18.3 Å². The summed E-state index contributed by atoms with van der Waals surface area (Å²) >= 11 is 0. The Balaban J connectivity index is 2.29. The average Bonchev–Trinajstić information content (AvgIpc) is 2.28. The number of hydrogen-bond acceptors (Lipinski definition) is 5. The molecule has 100 valence electrons. The maximum absolute atomic E-state index is 11.7. The van der Waals surface area contributed by atoms with Gasteiger partial charge in [-0.2, -0.15) is 0 Å². The van der Waals surface area contributed by atoms with Crippen molar-refractivity contribution in [2.75, 3.05) is 24.7 Å². The van der Waals surface area contributed by atoms with Crippen LogP contribution >= 0.6 is 0 Å². The fraction of sp³-hybridized carbons (Fsp3) is 0.583. The Kier molecular flexibility index (Phi) is 3.59. The highest BCUT2D eigenvalue weighted by molar-refractivity contribution is 7.90. The lowest BCUT2D eigenvalue weighted by molar-refractivity contribution is 0.363. The van der Waals surface area contributed by atoms with Crippen LogP contribution in [-0.2, 0) is 9.84 Å². The van der Waals surface area contributed by atoms with E-state index < -0.39 is 9.84 Å². The van der Waals surface area contributed by atoms with Crippen molar-refractivity contribution in [2.24, 2.45) is 0 Å². The van der Waals surface area contributed by atoms with Gasteiger partial charge in [-0.15, -0.1) is 0 Å². The molecule has 2 heterocycles. The fourth-order valence-corrected chi connectivity index (χ4v) is 2.95. The summed E-state index contributed by atoms with van der Waals surface area (Å²) in [6.07, 6.45) is 4.72. The summed E-state index contributed by atoms with van der Waals surface area (Å²) < 4.78 is 23.4. The van der Waals surface area contributed by atoms with Crippen molar-refractivity contribution >= 4 is 15.7 Å². The van der Waals surface area contributed by atoms with Gasteiger partial charge in [-0.3, -0.25) is 0 Å². The summed E-state index contributed by atoms with van der Waals surface area (Å²) in [4.78, 5) is 4.44. The van der Waals surface area contributed by atoms with E-state index in [2.05, 4.69) is 22.5 Å². The maximum atomic E-state index is 11.7. The molecule has 1 saturated heterocycles. The molecule has 0 bridgehead atoms. The summed E-state index contributed by atoms with van der Waals surface area (Å²) in [5.41, 5.74) is -0.0982. The van der Waals surface area contributed by atoms with Gasteiger partial charge in [0.2, 0.25) is 0 Å². The van der Waals surface area contributed by atoms with Crippen LogP contribution in [-0.4, -0.2) is 38.3 Å². The van der Waals surface area contributed by atoms with Gasteiger partial charge < -0.3 is 10.6 Å². The van der Waals surface area contributed by atoms with Gasteiger partial charge in [0.15, 0.2) is 9.84 Å². The first-order chi connectivity index (χ1) is 8.41. The monoisotopic (exact) mass is 269 g/mol. The van der Waals surface area contributed by atoms with Crippen molar-refractivity contribution in [3.8, 4) is 0 Å². The molecule has 0 atom stereocenters. The molecule has 18 heavy (non-hydrogen) atoms. The molecule has 1 aliphatic heterocycles. The number of sulfone groups is 1. The zero-order chi connectivity index (χ0) is 13.2. The van der Waals surface area contributed by atoms with Crippen LogP contribution < -0.4 is 10.6 Å². The van der Waals surface area contributed by atoms with Gasteiger partial charge in [0.25, 0.3) is 0 Å². The SMILES string of the molecule is CC1(Nc2ncccc2S(C)(=O)=O)CCNCC1. The molecule has 0 aliphatic carbocycles. The maximum Gasteiger partial charge on any atom is 0.179 e. The van der Waals surface area contributed by atoms with Crippen LogP contribution in [0.15, 0.2) is 23.2 Å². The first-order valence-corrected chi connectivity index (χ1v) is 7.94. The quantitative estimate of drug-likeness (QED) is 0.858. The normalized spacial score (nSPS) is 19.4. The molecule has 6 heteroatoms. The third-order valence-corrected chi connectivity index (χ3v) is 4.43. The minimum Gasteiger partial charge on any atom is -0.364 e. The van der Waals surface area contributed by atoms with Crippen LogP contribution in [0.4, 0.5) is 5.82 Å². The largest absolute Gasteiger partial charge is 0.364 e. The summed E-state index contributed by atoms with van der Waals surface area (Å²) in [5.74, 6) is 0.462. The van der Waals surface area contributed by atoms with Crippen LogP contribution in [0.5, 0.6) is 0 Å². The van der Waals surface area contributed by atoms with Gasteiger partial charge >= 0.3 is 0 Å². The fourth-order valence-electron chi connectivity index (χ4n) is 2.17. The van der Waals surface area contributed by atoms with Crippen LogP contribution in [0.2, 0.25) is 0 Å². The molecule has 1 fully saturated rings. The number of anilines is 1. The molecule has 0 radical (unpaired) electrons. The topological polar surface area (TPSA) is 71.1 Å². The van der Waals surface area contributed by atoms with Gasteiger partial charge in [0, 0.05) is 18.0 Å². The summed E-state index contributed by atoms with van der Waals surface area (Å²) in [6.45, 7) is 3.98. The molecular formula is C12H19N3O2S. The number of rotatable bonds is 3. The smallest absolute Gasteiger partial charge is 0.179 e. The van der Waals surface area contributed by atoms with Crippen LogP contribution in [0.25, 0.3) is 0 Å². The summed E-state index contributed by atoms with van der Waals surface area (Å²) in [5, 5.41) is 6.59. The molecule has 0 aromatic carbocycles. The molecular weight excluding hydrogens is 250 g/mol. The number of nitrogens with one attached hydrogen (secondary N) is 2. The van der Waals surface area contributed by atoms with Crippen LogP contribution in [0.1, 0.15) is 19.8 Å². The highest BCUT2D eigenvalue weighted by Crippen LogP contribution is 2.26. The molecule has 2 N–H and O–H groups in total. The predicted octanol–water partition coefficient (Wildman–Crippen LogP) is 1.04. The van der Waals surface area contributed by atoms with Gasteiger partial charge in [0.05, 0.1) is 0 Å². The number of hydrogen-bond donors (Lipinski definition) is 2. The van der Waals surface area contributed by atoms with Gasteiger partial charge in [-0.1, -0.05) is 0 Å². The first-order valence-electron chi connectivity index (χ1n) is 6.05. The first kappa shape index (κ1) is 13.3. The molecule has 0 unspecified atom stereocenters. The Bertz CT molecular complexity index is 522. The molecule has 0 amide bonds. The second-order valence-corrected chi connectivity index (χ2v) is 7.04. The molecule has 1 aromatic heterocycles. The van der Waals surface area contributed by atoms with Gasteiger partial charge in [-0.05, 0) is 45.0 Å². The summed E-state index contributed by atoms with van der Waals surface area (Å²) in [7, 11) is -3.25. The molecule has 1 aromatic rings. The minimum atomic E-state index is -3.25. The average molecular weight is 269 g/mol. The van der Waals surface area contributed by atoms with Crippen molar-refractivity contribution in [1.29, 1.82) is 0 Å². The van der Waals surface area contributed by atoms with E-state index >= 15 is 0 Å². The van der Waals surface area contributed by atoms with Gasteiger partial charge in [-0.25, -0.2) is 13.4 Å². The summed E-state index contributed by atoms with van der Waals surface area (Å²) in [6, 6.07) is 3.24. The second-order valence-electron chi connectivity index (χ2n) is 5.06. The van der Waals surface area contributed by atoms with E-state index in [4.69, 9.17) is 0 Å². The Hall–Kier alpha value is -1.14. The van der Waals surface area contributed by atoms with Crippen LogP contribution in [0.3, 0.4) is 0 Å². The molecule has 5 nitrogen and oxygen atoms in total. The lowest BCUT2D eigenvalue weighted by Gasteiger charge is -2.35. The lowest BCUT2D eigenvalue weighted by Crippen LogP contribution is -2.45. The van der Waals surface area contributed by atoms with Crippen molar-refractivity contribution < 1.29 is 8.42 Å². The highest BCUT2D eigenvalue weighted by atomic mass is 32.2. The number of aromatic nitrogens is 1. The second kappa shape index (κ2) is 4.85. The van der Waals surface area contributed by atoms with E-state index in [0.29, 0.717) is 5.82 Å². The van der Waals surface area contributed by atoms with Crippen LogP contribution in [0, 0.1) is 0 Å². The zero-order valence-electron chi connectivity index (χ0n) is 10.7. The molecule has 0 spiro atoms. The van der Waals surface area contributed by atoms with Crippen molar-refractivity contribution in [1.82, 2.24) is 10.3 Å². The van der Waals surface area contributed by atoms with Gasteiger partial charge in [0.1, 0.15) is 10.7 Å². The Morgan fingerprint density at radius 1 is 1.39 bits per heavy atom. The Labute approximate surface area is 108 Å². The van der Waals surface area contributed by atoms with E-state index in [0.717, 1.165) is 25.9 Å². The molecule has 1 aliphatic rings. The third-order valence-electron chi connectivity index (χ3n) is 3.30. The van der Waals surface area contributed by atoms with Crippen molar-refractivity contribution in [3.63, 3.8) is 0 Å². The molecule has 0 saturated carbocycles. The van der Waals surface area contributed by atoms with E-state index in [1.165, 1.54) is 6.26 Å². The van der Waals surface area contributed by atoms with E-state index in [-0.39, 0.29) is 10.4 Å². The third kappa shape index (κ3) is 3.00. The Morgan fingerprint density at radius 3 is 2.67 bits per heavy atom. The Morgan fingerprint density at radius 2 is 2.06 bits per heavy atom. The molecule has 2 rings (SSSR count). The number of pyridine rings is 1. The number of nitrogens with zero attached hydrogens (tertiary/aromatic N) is 1. The minimum absolute atomic E-state index is 0.0982. The van der Waals surface area contributed by atoms with Crippen molar-refractivity contribution in [3.05, 3.63) is 18.3 Å². The van der Waals surface area contributed by atoms with E-state index in [9.17, 15) is 8.42 Å². The van der Waals surface area contributed by atoms with E-state index in [1.807, 2.05) is 0 Å². The lowest BCUT2D eigenvalue weighted by atomic mass is 9.90. The predicted molar refractivity (Wildman–Crippen MR) is 71.5 cm³/mol. The number of piperidine rings is 1. The van der Waals surface area contributed by atoms with Crippen molar-refractivity contribution in [2.45, 2.75) is 30.2 Å². The highest BCUT2D eigenvalue weighted by Gasteiger charge is 2.28. The zero-order valence-corrected chi connectivity index (χ0v) is 11.5.